The van der Waals surface area contributed by atoms with Gasteiger partial charge < -0.3 is 0 Å². The molecule has 0 fully saturated rings. The lowest BCUT2D eigenvalue weighted by molar-refractivity contribution is -0.320. The molecule has 1 rings (SSSR count). The lowest BCUT2D eigenvalue weighted by Crippen LogP contribution is -2.58. The summed E-state index contributed by atoms with van der Waals surface area (Å²) in [7, 11) is 0. The van der Waals surface area contributed by atoms with E-state index >= 15 is 0 Å². The number of benzene rings is 1. The third kappa shape index (κ3) is 3.36. The van der Waals surface area contributed by atoms with Gasteiger partial charge in [-0.1, -0.05) is 44.9 Å². The van der Waals surface area contributed by atoms with Crippen LogP contribution in [-0.4, -0.2) is 12.4 Å². The second-order valence-electron chi connectivity index (χ2n) is 6.00. The van der Waals surface area contributed by atoms with Gasteiger partial charge in [-0.25, -0.2) is 0 Å². The molecule has 1 atom stereocenters. The average molecular weight is 340 g/mol. The first-order chi connectivity index (χ1) is 10.4. The van der Waals surface area contributed by atoms with Crippen LogP contribution in [-0.2, 0) is 5.41 Å². The summed E-state index contributed by atoms with van der Waals surface area (Å²) < 4.78 is 83.0. The van der Waals surface area contributed by atoms with Gasteiger partial charge in [0.2, 0.25) is 0 Å². The lowest BCUT2D eigenvalue weighted by Gasteiger charge is -2.43. The van der Waals surface area contributed by atoms with Gasteiger partial charge in [0.25, 0.3) is 0 Å². The van der Waals surface area contributed by atoms with E-state index in [0.29, 0.717) is 11.1 Å². The van der Waals surface area contributed by atoms with E-state index in [1.165, 1.54) is 19.9 Å². The van der Waals surface area contributed by atoms with Crippen molar-refractivity contribution in [2.75, 3.05) is 0 Å². The molecule has 0 amide bonds. The highest BCUT2D eigenvalue weighted by Crippen LogP contribution is 2.58. The van der Waals surface area contributed by atoms with Crippen LogP contribution in [0.5, 0.6) is 0 Å². The van der Waals surface area contributed by atoms with Crippen LogP contribution in [0.2, 0.25) is 0 Å². The van der Waals surface area contributed by atoms with E-state index < -0.39 is 29.2 Å². The fourth-order valence-electron chi connectivity index (χ4n) is 3.25. The number of hydrogen-bond donors (Lipinski definition) is 0. The maximum Gasteiger partial charge on any atom is 0.407 e. The minimum Gasteiger partial charge on any atom is -0.170 e. The van der Waals surface area contributed by atoms with Crippen molar-refractivity contribution in [1.82, 2.24) is 0 Å². The summed E-state index contributed by atoms with van der Waals surface area (Å²) in [6, 6.07) is 3.34. The number of aryl methyl sites for hydroxylation is 2. The summed E-state index contributed by atoms with van der Waals surface area (Å²) in [6.45, 7) is 6.16. The highest BCUT2D eigenvalue weighted by molar-refractivity contribution is 5.38. The van der Waals surface area contributed by atoms with Crippen LogP contribution in [0.4, 0.5) is 26.3 Å². The quantitative estimate of drug-likeness (QED) is 0.537. The van der Waals surface area contributed by atoms with E-state index in [2.05, 4.69) is 0 Å². The zero-order valence-electron chi connectivity index (χ0n) is 13.7. The van der Waals surface area contributed by atoms with Crippen molar-refractivity contribution in [3.63, 3.8) is 0 Å². The third-order valence-corrected chi connectivity index (χ3v) is 4.60. The summed E-state index contributed by atoms with van der Waals surface area (Å²) in [5.41, 5.74) is -3.45. The predicted molar refractivity (Wildman–Crippen MR) is 78.4 cm³/mol. The van der Waals surface area contributed by atoms with Crippen molar-refractivity contribution in [3.8, 4) is 0 Å². The summed E-state index contributed by atoms with van der Waals surface area (Å²) in [5, 5.41) is 0. The largest absolute Gasteiger partial charge is 0.407 e. The van der Waals surface area contributed by atoms with Crippen LogP contribution >= 0.6 is 0 Å². The highest BCUT2D eigenvalue weighted by Gasteiger charge is 2.73. The Hall–Kier alpha value is -1.20. The second kappa shape index (κ2) is 6.73. The molecule has 0 saturated carbocycles. The van der Waals surface area contributed by atoms with Gasteiger partial charge in [-0.05, 0) is 42.9 Å². The van der Waals surface area contributed by atoms with Gasteiger partial charge in [-0.3, -0.25) is 0 Å². The van der Waals surface area contributed by atoms with Gasteiger partial charge in [0.05, 0.1) is 0 Å². The van der Waals surface area contributed by atoms with Crippen LogP contribution in [0, 0.1) is 19.8 Å². The molecular formula is C17H22F6. The molecule has 0 bridgehead atoms. The molecule has 0 aromatic heterocycles. The zero-order valence-corrected chi connectivity index (χ0v) is 13.7. The topological polar surface area (TPSA) is 0 Å². The minimum atomic E-state index is -5.41. The molecule has 0 spiro atoms. The molecular weight excluding hydrogens is 318 g/mol. The van der Waals surface area contributed by atoms with Gasteiger partial charge in [0.15, 0.2) is 5.41 Å². The molecule has 132 valence electrons. The fourth-order valence-corrected chi connectivity index (χ4v) is 3.25. The SMILES string of the molecule is CCCC(CC)C(c1ccc(C)c(C)c1)(C(F)(F)F)C(F)(F)F. The Labute approximate surface area is 132 Å². The van der Waals surface area contributed by atoms with Crippen molar-refractivity contribution in [1.29, 1.82) is 0 Å². The van der Waals surface area contributed by atoms with Crippen LogP contribution in [0.1, 0.15) is 49.8 Å². The molecule has 0 saturated heterocycles. The standard InChI is InChI=1S/C17H22F6/c1-5-7-13(6-2)15(16(18,19)20,17(21,22)23)14-9-8-11(3)12(4)10-14/h8-10,13H,5-7H2,1-4H3. The second-order valence-corrected chi connectivity index (χ2v) is 6.00. The van der Waals surface area contributed by atoms with Gasteiger partial charge in [0, 0.05) is 0 Å². The lowest BCUT2D eigenvalue weighted by atomic mass is 9.65. The molecule has 0 N–H and O–H groups in total. The molecule has 0 nitrogen and oxygen atoms in total. The van der Waals surface area contributed by atoms with Crippen molar-refractivity contribution < 1.29 is 26.3 Å². The first-order valence-electron chi connectivity index (χ1n) is 7.64. The van der Waals surface area contributed by atoms with E-state index in [0.717, 1.165) is 12.1 Å². The molecule has 0 radical (unpaired) electrons. The van der Waals surface area contributed by atoms with Crippen molar-refractivity contribution in [3.05, 3.63) is 34.9 Å². The summed E-state index contributed by atoms with van der Waals surface area (Å²) in [5.74, 6) is -1.55. The summed E-state index contributed by atoms with van der Waals surface area (Å²) in [4.78, 5) is 0. The van der Waals surface area contributed by atoms with Crippen LogP contribution in [0.25, 0.3) is 0 Å². The monoisotopic (exact) mass is 340 g/mol. The number of rotatable bonds is 5. The molecule has 0 aliphatic heterocycles. The number of alkyl halides is 6. The Morgan fingerprint density at radius 2 is 1.39 bits per heavy atom. The molecule has 1 unspecified atom stereocenters. The van der Waals surface area contributed by atoms with Crippen molar-refractivity contribution in [2.45, 2.75) is 64.7 Å². The average Bonchev–Trinajstić information content (AvgIpc) is 2.39. The highest BCUT2D eigenvalue weighted by atomic mass is 19.4. The Balaban J connectivity index is 3.79. The van der Waals surface area contributed by atoms with E-state index in [1.54, 1.807) is 13.8 Å². The third-order valence-electron chi connectivity index (χ3n) is 4.60. The zero-order chi connectivity index (χ0) is 18.1. The van der Waals surface area contributed by atoms with Crippen LogP contribution in [0.15, 0.2) is 18.2 Å². The Kier molecular flexibility index (Phi) is 5.81. The Bertz CT molecular complexity index is 513. The van der Waals surface area contributed by atoms with Gasteiger partial charge >= 0.3 is 12.4 Å². The van der Waals surface area contributed by atoms with E-state index in [9.17, 15) is 26.3 Å². The van der Waals surface area contributed by atoms with Gasteiger partial charge in [0.1, 0.15) is 0 Å². The molecule has 0 aliphatic rings. The molecule has 1 aromatic rings. The smallest absolute Gasteiger partial charge is 0.170 e. The Morgan fingerprint density at radius 1 is 0.870 bits per heavy atom. The molecule has 1 aromatic carbocycles. The predicted octanol–water partition coefficient (Wildman–Crippen LogP) is 6.49. The van der Waals surface area contributed by atoms with Crippen LogP contribution < -0.4 is 0 Å². The van der Waals surface area contributed by atoms with Gasteiger partial charge in [-0.2, -0.15) is 26.3 Å². The maximum absolute atomic E-state index is 13.8. The molecule has 0 aliphatic carbocycles. The van der Waals surface area contributed by atoms with E-state index in [-0.39, 0.29) is 19.3 Å². The Morgan fingerprint density at radius 3 is 1.74 bits per heavy atom. The molecule has 23 heavy (non-hydrogen) atoms. The normalized spacial score (nSPS) is 14.9. The van der Waals surface area contributed by atoms with Crippen LogP contribution in [0.3, 0.4) is 0 Å². The van der Waals surface area contributed by atoms with Crippen molar-refractivity contribution >= 4 is 0 Å². The summed E-state index contributed by atoms with van der Waals surface area (Å²) in [6.07, 6.45) is -10.9. The number of halogens is 6. The van der Waals surface area contributed by atoms with Gasteiger partial charge in [-0.15, -0.1) is 0 Å². The molecule has 6 heteroatoms. The summed E-state index contributed by atoms with van der Waals surface area (Å²) >= 11 is 0. The molecule has 0 heterocycles. The van der Waals surface area contributed by atoms with E-state index in [1.807, 2.05) is 0 Å². The van der Waals surface area contributed by atoms with E-state index in [4.69, 9.17) is 0 Å². The minimum absolute atomic E-state index is 0.136. The first kappa shape index (κ1) is 19.8. The fraction of sp³-hybridized carbons (Fsp3) is 0.647. The maximum atomic E-state index is 13.8. The number of hydrogen-bond acceptors (Lipinski definition) is 0. The van der Waals surface area contributed by atoms with Crippen molar-refractivity contribution in [2.24, 2.45) is 5.92 Å². The first-order valence-corrected chi connectivity index (χ1v) is 7.64.